The number of hydrogen-bond donors (Lipinski definition) is 2. The van der Waals surface area contributed by atoms with E-state index in [1.54, 1.807) is 6.07 Å². The minimum Gasteiger partial charge on any atom is -0.393 e. The predicted octanol–water partition coefficient (Wildman–Crippen LogP) is 1.61. The maximum Gasteiger partial charge on any atom is 0.292 e. The fourth-order valence-electron chi connectivity index (χ4n) is 3.73. The van der Waals surface area contributed by atoms with Gasteiger partial charge in [0, 0.05) is 37.4 Å². The van der Waals surface area contributed by atoms with Crippen LogP contribution in [0.4, 0.5) is 17.1 Å². The molecule has 2 aliphatic rings. The second-order valence-corrected chi connectivity index (χ2v) is 5.71. The van der Waals surface area contributed by atoms with Crippen molar-refractivity contribution in [3.8, 4) is 0 Å². The van der Waals surface area contributed by atoms with Gasteiger partial charge in [-0.3, -0.25) is 10.1 Å². The lowest BCUT2D eigenvalue weighted by Gasteiger charge is -2.29. The first kappa shape index (κ1) is 13.2. The first-order valence-corrected chi connectivity index (χ1v) is 7.13. The van der Waals surface area contributed by atoms with Crippen LogP contribution in [0.3, 0.4) is 0 Å². The van der Waals surface area contributed by atoms with Gasteiger partial charge in [-0.2, -0.15) is 0 Å². The van der Waals surface area contributed by atoms with Crippen LogP contribution in [-0.4, -0.2) is 30.6 Å². The Morgan fingerprint density at radius 1 is 1.50 bits per heavy atom. The first-order valence-electron chi connectivity index (χ1n) is 7.13. The van der Waals surface area contributed by atoms with Crippen molar-refractivity contribution in [3.63, 3.8) is 0 Å². The Morgan fingerprint density at radius 2 is 2.30 bits per heavy atom. The van der Waals surface area contributed by atoms with Gasteiger partial charge in [0.15, 0.2) is 0 Å². The number of benzene rings is 1. The van der Waals surface area contributed by atoms with Crippen LogP contribution in [0.15, 0.2) is 18.2 Å². The van der Waals surface area contributed by atoms with Crippen molar-refractivity contribution in [2.75, 3.05) is 30.3 Å². The van der Waals surface area contributed by atoms with E-state index in [1.807, 2.05) is 6.07 Å². The third kappa shape index (κ3) is 2.00. The van der Waals surface area contributed by atoms with Crippen molar-refractivity contribution in [1.82, 2.24) is 5.32 Å². The molecule has 0 aliphatic carbocycles. The molecule has 1 aromatic rings. The Kier molecular flexibility index (Phi) is 3.25. The highest BCUT2D eigenvalue weighted by Gasteiger charge is 2.43. The molecule has 20 heavy (non-hydrogen) atoms. The van der Waals surface area contributed by atoms with Gasteiger partial charge in [-0.1, -0.05) is 6.92 Å². The molecule has 1 aromatic carbocycles. The number of rotatable bonds is 3. The summed E-state index contributed by atoms with van der Waals surface area (Å²) in [6.07, 6.45) is 1.08. The Bertz CT molecular complexity index is 534. The Labute approximate surface area is 118 Å². The number of nitrogens with zero attached hydrogens (tertiary/aromatic N) is 2. The molecular weight excluding hydrogens is 256 g/mol. The second kappa shape index (κ2) is 4.94. The lowest BCUT2D eigenvalue weighted by Crippen LogP contribution is -2.35. The van der Waals surface area contributed by atoms with E-state index in [1.165, 1.54) is 6.07 Å². The molecule has 0 radical (unpaired) electrons. The quantitative estimate of drug-likeness (QED) is 0.498. The van der Waals surface area contributed by atoms with Gasteiger partial charge >= 0.3 is 0 Å². The summed E-state index contributed by atoms with van der Waals surface area (Å²) in [5.41, 5.74) is 7.06. The Hall–Kier alpha value is -1.82. The number of nitrogens with one attached hydrogen (secondary N) is 1. The molecule has 0 saturated carbocycles. The van der Waals surface area contributed by atoms with E-state index in [-0.39, 0.29) is 11.4 Å². The summed E-state index contributed by atoms with van der Waals surface area (Å²) >= 11 is 0. The topological polar surface area (TPSA) is 84.4 Å². The lowest BCUT2D eigenvalue weighted by molar-refractivity contribution is -0.383. The zero-order valence-electron chi connectivity index (χ0n) is 11.6. The van der Waals surface area contributed by atoms with Crippen molar-refractivity contribution in [3.05, 3.63) is 28.3 Å². The van der Waals surface area contributed by atoms with Gasteiger partial charge in [0.05, 0.1) is 4.92 Å². The highest BCUT2D eigenvalue weighted by atomic mass is 16.6. The van der Waals surface area contributed by atoms with Crippen LogP contribution in [0, 0.1) is 22.0 Å². The maximum absolute atomic E-state index is 10.8. The van der Waals surface area contributed by atoms with Crippen molar-refractivity contribution < 1.29 is 4.92 Å². The highest BCUT2D eigenvalue weighted by molar-refractivity contribution is 5.67. The van der Waals surface area contributed by atoms with Crippen LogP contribution >= 0.6 is 0 Å². The highest BCUT2D eigenvalue weighted by Crippen LogP contribution is 2.39. The van der Waals surface area contributed by atoms with Gasteiger partial charge in [0.2, 0.25) is 0 Å². The van der Waals surface area contributed by atoms with Crippen LogP contribution in [-0.2, 0) is 0 Å². The third-order valence-corrected chi connectivity index (χ3v) is 4.68. The Balaban J connectivity index is 1.89. The summed E-state index contributed by atoms with van der Waals surface area (Å²) in [5.74, 6) is 1.35. The van der Waals surface area contributed by atoms with Crippen molar-refractivity contribution in [1.29, 1.82) is 0 Å². The minimum absolute atomic E-state index is 0.0112. The SMILES string of the molecule is CCC1C2CNCC2CN1c1ccc([N+](=O)[O-])c(N)c1. The number of nitro benzene ring substituents is 1. The molecule has 0 bridgehead atoms. The van der Waals surface area contributed by atoms with Gasteiger partial charge in [-0.05, 0) is 30.4 Å². The van der Waals surface area contributed by atoms with Gasteiger partial charge in [-0.25, -0.2) is 0 Å². The number of nitrogen functional groups attached to an aromatic ring is 1. The number of anilines is 2. The fraction of sp³-hybridized carbons (Fsp3) is 0.571. The van der Waals surface area contributed by atoms with E-state index in [4.69, 9.17) is 5.73 Å². The molecule has 0 spiro atoms. The number of nitrogens with two attached hydrogens (primary N) is 1. The third-order valence-electron chi connectivity index (χ3n) is 4.68. The zero-order valence-corrected chi connectivity index (χ0v) is 11.6. The molecule has 2 saturated heterocycles. The standard InChI is InChI=1S/C14H20N4O2/c1-2-13-11-7-16-6-9(11)8-17(13)10-3-4-14(18(19)20)12(15)5-10/h3-5,9,11,13,16H,2,6-8,15H2,1H3. The average molecular weight is 276 g/mol. The molecule has 6 heteroatoms. The molecule has 3 N–H and O–H groups in total. The van der Waals surface area contributed by atoms with E-state index in [0.29, 0.717) is 17.9 Å². The minimum atomic E-state index is -0.431. The normalized spacial score (nSPS) is 28.6. The molecule has 3 atom stereocenters. The van der Waals surface area contributed by atoms with Gasteiger partial charge in [0.25, 0.3) is 5.69 Å². The summed E-state index contributed by atoms with van der Waals surface area (Å²) in [6, 6.07) is 5.58. The summed E-state index contributed by atoms with van der Waals surface area (Å²) < 4.78 is 0. The van der Waals surface area contributed by atoms with Crippen LogP contribution in [0.2, 0.25) is 0 Å². The van der Waals surface area contributed by atoms with E-state index in [9.17, 15) is 10.1 Å². The van der Waals surface area contributed by atoms with Gasteiger partial charge in [0.1, 0.15) is 5.69 Å². The molecule has 0 amide bonds. The molecule has 3 rings (SSSR count). The zero-order chi connectivity index (χ0) is 14.3. The molecule has 6 nitrogen and oxygen atoms in total. The van der Waals surface area contributed by atoms with E-state index >= 15 is 0 Å². The van der Waals surface area contributed by atoms with Crippen molar-refractivity contribution in [2.24, 2.45) is 11.8 Å². The molecular formula is C14H20N4O2. The van der Waals surface area contributed by atoms with Gasteiger partial charge in [-0.15, -0.1) is 0 Å². The van der Waals surface area contributed by atoms with Crippen LogP contribution < -0.4 is 16.0 Å². The van der Waals surface area contributed by atoms with Crippen LogP contribution in [0.25, 0.3) is 0 Å². The number of hydrogen-bond acceptors (Lipinski definition) is 5. The summed E-state index contributed by atoms with van der Waals surface area (Å²) in [6.45, 7) is 5.35. The molecule has 3 unspecified atom stereocenters. The van der Waals surface area contributed by atoms with Crippen LogP contribution in [0.1, 0.15) is 13.3 Å². The average Bonchev–Trinajstić information content (AvgIpc) is 2.97. The molecule has 2 heterocycles. The van der Waals surface area contributed by atoms with E-state index in [2.05, 4.69) is 17.1 Å². The summed E-state index contributed by atoms with van der Waals surface area (Å²) in [4.78, 5) is 12.8. The van der Waals surface area contributed by atoms with E-state index in [0.717, 1.165) is 31.7 Å². The molecule has 108 valence electrons. The van der Waals surface area contributed by atoms with Crippen molar-refractivity contribution >= 4 is 17.1 Å². The van der Waals surface area contributed by atoms with Crippen LogP contribution in [0.5, 0.6) is 0 Å². The van der Waals surface area contributed by atoms with Gasteiger partial charge < -0.3 is 16.0 Å². The molecule has 2 fully saturated rings. The van der Waals surface area contributed by atoms with E-state index < -0.39 is 4.92 Å². The molecule has 0 aromatic heterocycles. The monoisotopic (exact) mass is 276 g/mol. The Morgan fingerprint density at radius 3 is 2.95 bits per heavy atom. The van der Waals surface area contributed by atoms with Crippen molar-refractivity contribution in [2.45, 2.75) is 19.4 Å². The summed E-state index contributed by atoms with van der Waals surface area (Å²) in [5, 5.41) is 14.3. The lowest BCUT2D eigenvalue weighted by atomic mass is 9.93. The summed E-state index contributed by atoms with van der Waals surface area (Å²) in [7, 11) is 0. The number of nitro groups is 1. The predicted molar refractivity (Wildman–Crippen MR) is 78.8 cm³/mol. The fourth-order valence-corrected chi connectivity index (χ4v) is 3.73. The first-order chi connectivity index (χ1) is 9.61. The molecule has 2 aliphatic heterocycles. The maximum atomic E-state index is 10.8. The smallest absolute Gasteiger partial charge is 0.292 e. The largest absolute Gasteiger partial charge is 0.393 e. The number of fused-ring (bicyclic) bond motifs is 1. The second-order valence-electron chi connectivity index (χ2n) is 5.71.